The lowest BCUT2D eigenvalue weighted by atomic mass is 9.91. The number of ether oxygens (including phenoxy) is 2. The molecule has 0 radical (unpaired) electrons. The van der Waals surface area contributed by atoms with Gasteiger partial charge in [0.25, 0.3) is 0 Å². The molecule has 1 aromatic heterocycles. The van der Waals surface area contributed by atoms with E-state index in [4.69, 9.17) is 13.9 Å². The van der Waals surface area contributed by atoms with Crippen LogP contribution in [0.3, 0.4) is 0 Å². The fraction of sp³-hybridized carbons (Fsp3) is 0.500. The van der Waals surface area contributed by atoms with Crippen molar-refractivity contribution in [2.24, 2.45) is 0 Å². The van der Waals surface area contributed by atoms with Gasteiger partial charge in [-0.25, -0.2) is 9.59 Å². The van der Waals surface area contributed by atoms with E-state index in [-0.39, 0.29) is 24.2 Å². The minimum Gasteiger partial charge on any atom is -0.466 e. The van der Waals surface area contributed by atoms with Crippen LogP contribution in [0.1, 0.15) is 45.3 Å². The molecule has 1 saturated heterocycles. The Morgan fingerprint density at radius 3 is 2.81 bits per heavy atom. The van der Waals surface area contributed by atoms with E-state index in [0.717, 1.165) is 35.8 Å². The number of methoxy groups -OCH3 is 1. The highest BCUT2D eigenvalue weighted by Gasteiger charge is 2.47. The lowest BCUT2D eigenvalue weighted by Crippen LogP contribution is -2.51. The lowest BCUT2D eigenvalue weighted by Gasteiger charge is -2.36. The summed E-state index contributed by atoms with van der Waals surface area (Å²) in [5, 5.41) is 3.98. The van der Waals surface area contributed by atoms with Gasteiger partial charge < -0.3 is 24.1 Å². The number of rotatable bonds is 7. The first-order valence-electron chi connectivity index (χ1n) is 11.0. The molecule has 2 aliphatic rings. The minimum atomic E-state index is -0.399. The summed E-state index contributed by atoms with van der Waals surface area (Å²) in [5.41, 5.74) is 2.17. The SMILES string of the molecule is COC(=O)C1=C(c2cc3ccccc3o2)CC2CCC1N2C(=O)NCCCOC(C)C. The molecule has 7 nitrogen and oxygen atoms in total. The number of urea groups is 1. The van der Waals surface area contributed by atoms with Gasteiger partial charge >= 0.3 is 12.0 Å². The zero-order chi connectivity index (χ0) is 22.0. The van der Waals surface area contributed by atoms with Gasteiger partial charge in [-0.15, -0.1) is 0 Å². The summed E-state index contributed by atoms with van der Waals surface area (Å²) in [5.74, 6) is 0.285. The molecule has 2 aliphatic heterocycles. The molecule has 0 saturated carbocycles. The van der Waals surface area contributed by atoms with E-state index in [9.17, 15) is 9.59 Å². The van der Waals surface area contributed by atoms with Crippen molar-refractivity contribution in [2.75, 3.05) is 20.3 Å². The highest BCUT2D eigenvalue weighted by Crippen LogP contribution is 2.44. The third-order valence-corrected chi connectivity index (χ3v) is 6.01. The molecule has 1 N–H and O–H groups in total. The van der Waals surface area contributed by atoms with Crippen molar-refractivity contribution in [2.45, 2.75) is 57.7 Å². The van der Waals surface area contributed by atoms with E-state index in [1.54, 1.807) is 0 Å². The quantitative estimate of drug-likeness (QED) is 0.532. The first-order valence-corrected chi connectivity index (χ1v) is 11.0. The molecule has 7 heteroatoms. The fourth-order valence-corrected chi connectivity index (χ4v) is 4.63. The number of benzene rings is 1. The van der Waals surface area contributed by atoms with Crippen LogP contribution in [0.25, 0.3) is 16.5 Å². The molecule has 2 unspecified atom stereocenters. The number of para-hydroxylation sites is 1. The summed E-state index contributed by atoms with van der Waals surface area (Å²) >= 11 is 0. The number of fused-ring (bicyclic) bond motifs is 3. The van der Waals surface area contributed by atoms with Crippen LogP contribution < -0.4 is 5.32 Å². The Labute approximate surface area is 182 Å². The second-order valence-corrected chi connectivity index (χ2v) is 8.40. The molecule has 2 aromatic rings. The standard InChI is InChI=1S/C24H30N2O5/c1-15(2)30-12-6-11-25-24(28)26-17-9-10-19(26)22(23(27)29-3)18(14-17)21-13-16-7-4-5-8-20(16)31-21/h4-5,7-8,13,15,17,19H,6,9-12,14H2,1-3H3,(H,25,28). The number of hydrogen-bond donors (Lipinski definition) is 1. The van der Waals surface area contributed by atoms with Crippen molar-refractivity contribution in [3.63, 3.8) is 0 Å². The Balaban J connectivity index is 1.56. The summed E-state index contributed by atoms with van der Waals surface area (Å²) in [4.78, 5) is 27.6. The van der Waals surface area contributed by atoms with Gasteiger partial charge in [0.05, 0.1) is 24.8 Å². The van der Waals surface area contributed by atoms with Crippen LogP contribution in [-0.2, 0) is 14.3 Å². The molecule has 4 rings (SSSR count). The fourth-order valence-electron chi connectivity index (χ4n) is 4.63. The Morgan fingerprint density at radius 1 is 1.26 bits per heavy atom. The number of furan rings is 1. The maximum atomic E-state index is 13.0. The normalized spacial score (nSPS) is 20.6. The number of esters is 1. The zero-order valence-corrected chi connectivity index (χ0v) is 18.3. The predicted octanol–water partition coefficient (Wildman–Crippen LogP) is 4.12. The van der Waals surface area contributed by atoms with Crippen LogP contribution in [0.4, 0.5) is 4.79 Å². The topological polar surface area (TPSA) is 81.0 Å². The largest absolute Gasteiger partial charge is 0.466 e. The van der Waals surface area contributed by atoms with Gasteiger partial charge in [0.15, 0.2) is 0 Å². The van der Waals surface area contributed by atoms with Crippen LogP contribution in [0.2, 0.25) is 0 Å². The Hall–Kier alpha value is -2.80. The van der Waals surface area contributed by atoms with E-state index < -0.39 is 5.97 Å². The number of amides is 2. The Bertz CT molecular complexity index is 960. The molecule has 2 atom stereocenters. The lowest BCUT2D eigenvalue weighted by molar-refractivity contribution is -0.136. The molecule has 1 aromatic carbocycles. The van der Waals surface area contributed by atoms with E-state index >= 15 is 0 Å². The number of hydrogen-bond acceptors (Lipinski definition) is 5. The van der Waals surface area contributed by atoms with Gasteiger partial charge in [-0.1, -0.05) is 18.2 Å². The maximum Gasteiger partial charge on any atom is 0.336 e. The number of carbonyl (C=O) groups is 2. The third-order valence-electron chi connectivity index (χ3n) is 6.01. The maximum absolute atomic E-state index is 13.0. The summed E-state index contributed by atoms with van der Waals surface area (Å²) < 4.78 is 16.7. The van der Waals surface area contributed by atoms with Crippen molar-refractivity contribution in [1.82, 2.24) is 10.2 Å². The van der Waals surface area contributed by atoms with Crippen LogP contribution >= 0.6 is 0 Å². The molecule has 31 heavy (non-hydrogen) atoms. The van der Waals surface area contributed by atoms with E-state index in [1.165, 1.54) is 7.11 Å². The van der Waals surface area contributed by atoms with Gasteiger partial charge in [-0.3, -0.25) is 0 Å². The van der Waals surface area contributed by atoms with Crippen LogP contribution in [-0.4, -0.2) is 55.3 Å². The van der Waals surface area contributed by atoms with Crippen molar-refractivity contribution in [1.29, 1.82) is 0 Å². The summed E-state index contributed by atoms with van der Waals surface area (Å²) in [6, 6.07) is 9.35. The smallest absolute Gasteiger partial charge is 0.336 e. The van der Waals surface area contributed by atoms with E-state index in [0.29, 0.717) is 30.9 Å². The minimum absolute atomic E-state index is 0.0357. The monoisotopic (exact) mass is 426 g/mol. The van der Waals surface area contributed by atoms with Gasteiger partial charge in [0, 0.05) is 30.2 Å². The number of carbonyl (C=O) groups excluding carboxylic acids is 2. The third kappa shape index (κ3) is 4.32. The first-order chi connectivity index (χ1) is 15.0. The van der Waals surface area contributed by atoms with Crippen LogP contribution in [0.5, 0.6) is 0 Å². The van der Waals surface area contributed by atoms with Crippen LogP contribution in [0, 0.1) is 0 Å². The molecule has 166 valence electrons. The molecule has 3 heterocycles. The molecular weight excluding hydrogens is 396 g/mol. The zero-order valence-electron chi connectivity index (χ0n) is 18.3. The van der Waals surface area contributed by atoms with E-state index in [2.05, 4.69) is 5.32 Å². The Morgan fingerprint density at radius 2 is 2.06 bits per heavy atom. The van der Waals surface area contributed by atoms with Gasteiger partial charge in [-0.2, -0.15) is 0 Å². The van der Waals surface area contributed by atoms with E-state index in [1.807, 2.05) is 49.1 Å². The molecule has 0 aliphatic carbocycles. The average molecular weight is 427 g/mol. The summed E-state index contributed by atoms with van der Waals surface area (Å²) in [7, 11) is 1.38. The number of nitrogens with one attached hydrogen (secondary N) is 1. The average Bonchev–Trinajstić information content (AvgIpc) is 3.32. The van der Waals surface area contributed by atoms with Crippen molar-refractivity contribution in [3.05, 3.63) is 41.7 Å². The van der Waals surface area contributed by atoms with Gasteiger partial charge in [-0.05, 0) is 51.7 Å². The van der Waals surface area contributed by atoms with Crippen molar-refractivity contribution in [3.8, 4) is 0 Å². The number of nitrogens with zero attached hydrogens (tertiary/aromatic N) is 1. The first kappa shape index (κ1) is 21.4. The Kier molecular flexibility index (Phi) is 6.32. The highest BCUT2D eigenvalue weighted by atomic mass is 16.5. The summed E-state index contributed by atoms with van der Waals surface area (Å²) in [6.45, 7) is 5.12. The molecule has 2 bridgehead atoms. The molecule has 0 spiro atoms. The van der Waals surface area contributed by atoms with Crippen LogP contribution in [0.15, 0.2) is 40.3 Å². The second kappa shape index (κ2) is 9.14. The molecule has 1 fully saturated rings. The second-order valence-electron chi connectivity index (χ2n) is 8.40. The summed E-state index contributed by atoms with van der Waals surface area (Å²) in [6.07, 6.45) is 3.08. The van der Waals surface area contributed by atoms with Gasteiger partial charge in [0.2, 0.25) is 0 Å². The highest BCUT2D eigenvalue weighted by molar-refractivity contribution is 6.01. The molecule has 2 amide bonds. The van der Waals surface area contributed by atoms with Gasteiger partial charge in [0.1, 0.15) is 11.3 Å². The van der Waals surface area contributed by atoms with Crippen molar-refractivity contribution < 1.29 is 23.5 Å². The molecular formula is C24H30N2O5. The van der Waals surface area contributed by atoms with Crippen molar-refractivity contribution >= 4 is 28.5 Å². The predicted molar refractivity (Wildman–Crippen MR) is 118 cm³/mol.